The fourth-order valence-electron chi connectivity index (χ4n) is 1.32. The molecule has 3 N–H and O–H groups in total. The lowest BCUT2D eigenvalue weighted by Gasteiger charge is -2.04. The summed E-state index contributed by atoms with van der Waals surface area (Å²) in [4.78, 5) is 5.41. The molecule has 19 heavy (non-hydrogen) atoms. The minimum absolute atomic E-state index is 0.0847. The third-order valence-electron chi connectivity index (χ3n) is 2.30. The fraction of sp³-hybridized carbons (Fsp3) is 0.182. The van der Waals surface area contributed by atoms with Crippen molar-refractivity contribution in [2.24, 2.45) is 10.9 Å². The van der Waals surface area contributed by atoms with Gasteiger partial charge in [0, 0.05) is 21.4 Å². The molecule has 0 aliphatic heterocycles. The van der Waals surface area contributed by atoms with E-state index in [0.717, 1.165) is 26.0 Å². The Morgan fingerprint density at radius 2 is 2.37 bits per heavy atom. The number of hydrogen-bond donors (Lipinski definition) is 2. The lowest BCUT2D eigenvalue weighted by Crippen LogP contribution is -2.12. The lowest BCUT2D eigenvalue weighted by atomic mass is 10.2. The summed E-state index contributed by atoms with van der Waals surface area (Å²) in [6.07, 6.45) is 0.834. The molecule has 2 aromatic rings. The second kappa shape index (κ2) is 6.36. The number of aromatic nitrogens is 2. The van der Waals surface area contributed by atoms with E-state index < -0.39 is 0 Å². The van der Waals surface area contributed by atoms with Crippen molar-refractivity contribution < 1.29 is 5.21 Å². The Hall–Kier alpha value is -1.12. The maximum absolute atomic E-state index is 8.64. The molecule has 8 heteroatoms. The molecular weight excluding hydrogens is 348 g/mol. The van der Waals surface area contributed by atoms with E-state index >= 15 is 0 Å². The second-order valence-corrected chi connectivity index (χ2v) is 6.46. The van der Waals surface area contributed by atoms with Gasteiger partial charge < -0.3 is 10.9 Å². The molecule has 0 saturated carbocycles. The molecule has 1 aromatic carbocycles. The number of hydrogen-bond acceptors (Lipinski definition) is 6. The second-order valence-electron chi connectivity index (χ2n) is 3.56. The topological polar surface area (TPSA) is 84.4 Å². The fourth-order valence-corrected chi connectivity index (χ4v) is 3.60. The average molecular weight is 359 g/mol. The first-order valence-electron chi connectivity index (χ1n) is 5.42. The molecule has 1 aromatic heterocycles. The van der Waals surface area contributed by atoms with Gasteiger partial charge in [-0.05, 0) is 45.7 Å². The number of rotatable bonds is 4. The van der Waals surface area contributed by atoms with Crippen molar-refractivity contribution in [2.45, 2.75) is 22.6 Å². The van der Waals surface area contributed by atoms with Gasteiger partial charge in [0.25, 0.3) is 0 Å². The van der Waals surface area contributed by atoms with Gasteiger partial charge >= 0.3 is 0 Å². The highest BCUT2D eigenvalue weighted by molar-refractivity contribution is 9.10. The standard InChI is InChI=1S/C11H11BrN4OS2/c1-2-9-14-11(19-16-9)18-8-4-3-6(5-7(8)12)10(13)15-17/h3-5,17H,2H2,1H3,(H2,13,15). The summed E-state index contributed by atoms with van der Waals surface area (Å²) in [6, 6.07) is 5.50. The Kier molecular flexibility index (Phi) is 4.78. The summed E-state index contributed by atoms with van der Waals surface area (Å²) in [5, 5.41) is 11.6. The van der Waals surface area contributed by atoms with E-state index in [-0.39, 0.29) is 5.84 Å². The van der Waals surface area contributed by atoms with Crippen molar-refractivity contribution in [1.82, 2.24) is 9.36 Å². The van der Waals surface area contributed by atoms with Crippen molar-refractivity contribution in [3.63, 3.8) is 0 Å². The Morgan fingerprint density at radius 1 is 1.58 bits per heavy atom. The zero-order valence-electron chi connectivity index (χ0n) is 10.00. The number of nitrogens with zero attached hydrogens (tertiary/aromatic N) is 3. The first kappa shape index (κ1) is 14.3. The molecule has 100 valence electrons. The third-order valence-corrected chi connectivity index (χ3v) is 5.08. The largest absolute Gasteiger partial charge is 0.409 e. The number of benzene rings is 1. The Bertz CT molecular complexity index is 614. The lowest BCUT2D eigenvalue weighted by molar-refractivity contribution is 0.318. The molecular formula is C11H11BrN4OS2. The number of oxime groups is 1. The van der Waals surface area contributed by atoms with Crippen LogP contribution >= 0.6 is 39.2 Å². The molecule has 0 radical (unpaired) electrons. The van der Waals surface area contributed by atoms with E-state index in [0.29, 0.717) is 5.56 Å². The first-order valence-corrected chi connectivity index (χ1v) is 7.80. The van der Waals surface area contributed by atoms with Gasteiger partial charge in [-0.15, -0.1) is 0 Å². The number of halogens is 1. The average Bonchev–Trinajstić information content (AvgIpc) is 2.88. The van der Waals surface area contributed by atoms with Crippen LogP contribution in [-0.2, 0) is 6.42 Å². The van der Waals surface area contributed by atoms with Crippen LogP contribution in [0.3, 0.4) is 0 Å². The van der Waals surface area contributed by atoms with E-state index in [4.69, 9.17) is 10.9 Å². The zero-order chi connectivity index (χ0) is 13.8. The van der Waals surface area contributed by atoms with E-state index in [2.05, 4.69) is 30.4 Å². The van der Waals surface area contributed by atoms with E-state index in [1.165, 1.54) is 23.3 Å². The molecule has 0 atom stereocenters. The van der Waals surface area contributed by atoms with Crippen LogP contribution in [0.4, 0.5) is 0 Å². The van der Waals surface area contributed by atoms with Crippen molar-refractivity contribution in [1.29, 1.82) is 0 Å². The summed E-state index contributed by atoms with van der Waals surface area (Å²) in [5.74, 6) is 0.943. The minimum atomic E-state index is 0.0847. The SMILES string of the molecule is CCc1nsc(Sc2ccc(/C(N)=N/O)cc2Br)n1. The molecule has 0 unspecified atom stereocenters. The van der Waals surface area contributed by atoms with Crippen molar-refractivity contribution in [3.05, 3.63) is 34.1 Å². The van der Waals surface area contributed by atoms with Crippen LogP contribution in [0.2, 0.25) is 0 Å². The molecule has 0 bridgehead atoms. The van der Waals surface area contributed by atoms with Crippen molar-refractivity contribution in [3.8, 4) is 0 Å². The van der Waals surface area contributed by atoms with E-state index in [9.17, 15) is 0 Å². The van der Waals surface area contributed by atoms with Crippen molar-refractivity contribution in [2.75, 3.05) is 0 Å². The van der Waals surface area contributed by atoms with Crippen LogP contribution in [0.1, 0.15) is 18.3 Å². The maximum atomic E-state index is 8.64. The predicted octanol–water partition coefficient (Wildman–Crippen LogP) is 3.11. The van der Waals surface area contributed by atoms with Crippen LogP contribution in [0, 0.1) is 0 Å². The van der Waals surface area contributed by atoms with Gasteiger partial charge in [0.2, 0.25) is 0 Å². The molecule has 0 fully saturated rings. The number of amidine groups is 1. The molecule has 0 aliphatic rings. The highest BCUT2D eigenvalue weighted by atomic mass is 79.9. The molecule has 0 amide bonds. The number of aryl methyl sites for hydroxylation is 1. The summed E-state index contributed by atoms with van der Waals surface area (Å²) in [7, 11) is 0. The Labute approximate surface area is 127 Å². The molecule has 0 spiro atoms. The van der Waals surface area contributed by atoms with Crippen LogP contribution < -0.4 is 5.73 Å². The monoisotopic (exact) mass is 358 g/mol. The summed E-state index contributed by atoms with van der Waals surface area (Å²) >= 11 is 6.39. The summed E-state index contributed by atoms with van der Waals surface area (Å²) in [6.45, 7) is 2.03. The molecule has 0 aliphatic carbocycles. The first-order chi connectivity index (χ1) is 9.13. The zero-order valence-corrected chi connectivity index (χ0v) is 13.2. The van der Waals surface area contributed by atoms with Gasteiger partial charge in [-0.1, -0.05) is 23.8 Å². The Morgan fingerprint density at radius 3 is 2.95 bits per heavy atom. The normalized spacial score (nSPS) is 11.8. The quantitative estimate of drug-likeness (QED) is 0.379. The molecule has 0 saturated heterocycles. The van der Waals surface area contributed by atoms with Gasteiger partial charge in [-0.3, -0.25) is 0 Å². The van der Waals surface area contributed by atoms with E-state index in [1.807, 2.05) is 13.0 Å². The highest BCUT2D eigenvalue weighted by Gasteiger charge is 2.09. The minimum Gasteiger partial charge on any atom is -0.409 e. The molecule has 5 nitrogen and oxygen atoms in total. The molecule has 1 heterocycles. The van der Waals surface area contributed by atoms with Crippen LogP contribution in [0.5, 0.6) is 0 Å². The summed E-state index contributed by atoms with van der Waals surface area (Å²) < 4.78 is 6.01. The highest BCUT2D eigenvalue weighted by Crippen LogP contribution is 2.34. The van der Waals surface area contributed by atoms with Crippen LogP contribution in [0.15, 0.2) is 37.1 Å². The van der Waals surface area contributed by atoms with Crippen LogP contribution in [-0.4, -0.2) is 20.4 Å². The summed E-state index contributed by atoms with van der Waals surface area (Å²) in [5.41, 5.74) is 6.20. The Balaban J connectivity index is 2.21. The number of nitrogens with two attached hydrogens (primary N) is 1. The smallest absolute Gasteiger partial charge is 0.174 e. The third kappa shape index (κ3) is 3.46. The van der Waals surface area contributed by atoms with Gasteiger partial charge in [0.05, 0.1) is 0 Å². The van der Waals surface area contributed by atoms with Gasteiger partial charge in [0.1, 0.15) is 5.82 Å². The van der Waals surface area contributed by atoms with Crippen molar-refractivity contribution >= 4 is 45.1 Å². The van der Waals surface area contributed by atoms with Gasteiger partial charge in [-0.25, -0.2) is 4.98 Å². The van der Waals surface area contributed by atoms with E-state index in [1.54, 1.807) is 12.1 Å². The maximum Gasteiger partial charge on any atom is 0.174 e. The van der Waals surface area contributed by atoms with Gasteiger partial charge in [-0.2, -0.15) is 4.37 Å². The van der Waals surface area contributed by atoms with Gasteiger partial charge in [0.15, 0.2) is 10.2 Å². The predicted molar refractivity (Wildman–Crippen MR) is 80.1 cm³/mol. The molecule has 2 rings (SSSR count). The van der Waals surface area contributed by atoms with Crippen LogP contribution in [0.25, 0.3) is 0 Å².